The van der Waals surface area contributed by atoms with Gasteiger partial charge in [-0.3, -0.25) is 9.36 Å². The van der Waals surface area contributed by atoms with Crippen molar-refractivity contribution >= 4 is 24.3 Å². The van der Waals surface area contributed by atoms with Gasteiger partial charge >= 0.3 is 7.60 Å². The van der Waals surface area contributed by atoms with Crippen LogP contribution in [0.2, 0.25) is 0 Å². The standard InChI is InChI=1S/C17H16NO5P/c1-11-6-8-12(9-7-11)18-17(24(20,21)22)16-10-14(19)13-4-2-3-5-15(13)23-16/h2-10,17-18H,1H3,(H2,20,21,22). The van der Waals surface area contributed by atoms with Crippen molar-refractivity contribution in [2.45, 2.75) is 12.7 Å². The summed E-state index contributed by atoms with van der Waals surface area (Å²) >= 11 is 0. The Morgan fingerprint density at radius 2 is 1.75 bits per heavy atom. The van der Waals surface area contributed by atoms with Gasteiger partial charge in [0.1, 0.15) is 11.3 Å². The molecule has 1 atom stereocenters. The van der Waals surface area contributed by atoms with Crippen LogP contribution in [-0.4, -0.2) is 9.79 Å². The SMILES string of the molecule is Cc1ccc(NC(c2cc(=O)c3ccccc3o2)P(=O)(O)O)cc1. The molecule has 2 aromatic carbocycles. The zero-order chi connectivity index (χ0) is 17.3. The van der Waals surface area contributed by atoms with E-state index in [1.165, 1.54) is 0 Å². The zero-order valence-electron chi connectivity index (χ0n) is 12.8. The largest absolute Gasteiger partial charge is 0.458 e. The van der Waals surface area contributed by atoms with E-state index in [9.17, 15) is 19.1 Å². The second-order valence-corrected chi connectivity index (χ2v) is 7.21. The van der Waals surface area contributed by atoms with Crippen LogP contribution in [-0.2, 0) is 4.57 Å². The maximum Gasteiger partial charge on any atom is 0.355 e. The third kappa shape index (κ3) is 3.41. The summed E-state index contributed by atoms with van der Waals surface area (Å²) < 4.78 is 17.5. The van der Waals surface area contributed by atoms with E-state index >= 15 is 0 Å². The Labute approximate surface area is 137 Å². The van der Waals surface area contributed by atoms with Crippen LogP contribution in [0, 0.1) is 6.92 Å². The first-order chi connectivity index (χ1) is 11.3. The fourth-order valence-electron chi connectivity index (χ4n) is 2.39. The van der Waals surface area contributed by atoms with Crippen molar-refractivity contribution in [3.05, 3.63) is 76.1 Å². The molecule has 124 valence electrons. The highest BCUT2D eigenvalue weighted by Crippen LogP contribution is 2.51. The fourth-order valence-corrected chi connectivity index (χ4v) is 3.16. The number of aryl methyl sites for hydroxylation is 1. The first-order valence-electron chi connectivity index (χ1n) is 7.26. The Morgan fingerprint density at radius 1 is 1.08 bits per heavy atom. The Kier molecular flexibility index (Phi) is 4.28. The number of hydrogen-bond donors (Lipinski definition) is 3. The van der Waals surface area contributed by atoms with Gasteiger partial charge in [-0.15, -0.1) is 0 Å². The minimum atomic E-state index is -4.62. The lowest BCUT2D eigenvalue weighted by Gasteiger charge is -2.20. The van der Waals surface area contributed by atoms with Gasteiger partial charge in [-0.25, -0.2) is 0 Å². The minimum Gasteiger partial charge on any atom is -0.458 e. The van der Waals surface area contributed by atoms with E-state index in [2.05, 4.69) is 5.32 Å². The molecule has 0 aliphatic heterocycles. The van der Waals surface area contributed by atoms with E-state index in [1.54, 1.807) is 36.4 Å². The summed E-state index contributed by atoms with van der Waals surface area (Å²) in [7, 11) is -4.62. The molecule has 1 unspecified atom stereocenters. The van der Waals surface area contributed by atoms with E-state index in [-0.39, 0.29) is 16.8 Å². The maximum atomic E-state index is 12.2. The number of hydrogen-bond acceptors (Lipinski definition) is 4. The van der Waals surface area contributed by atoms with Gasteiger partial charge in [-0.05, 0) is 31.2 Å². The number of fused-ring (bicyclic) bond motifs is 1. The second kappa shape index (κ2) is 6.24. The van der Waals surface area contributed by atoms with Gasteiger partial charge in [0.15, 0.2) is 11.2 Å². The Bertz CT molecular complexity index is 974. The Balaban J connectivity index is 2.08. The lowest BCUT2D eigenvalue weighted by atomic mass is 10.2. The topological polar surface area (TPSA) is 99.8 Å². The van der Waals surface area contributed by atoms with Crippen molar-refractivity contribution in [3.63, 3.8) is 0 Å². The molecular formula is C17H16NO5P. The normalized spacial score (nSPS) is 13.0. The molecule has 6 nitrogen and oxygen atoms in total. The lowest BCUT2D eigenvalue weighted by Crippen LogP contribution is -2.14. The molecule has 0 amide bonds. The summed E-state index contributed by atoms with van der Waals surface area (Å²) in [5, 5.41) is 3.12. The van der Waals surface area contributed by atoms with Crippen molar-refractivity contribution in [2.24, 2.45) is 0 Å². The number of rotatable bonds is 4. The smallest absolute Gasteiger partial charge is 0.355 e. The summed E-state index contributed by atoms with van der Waals surface area (Å²) in [4.78, 5) is 31.6. The predicted octanol–water partition coefficient (Wildman–Crippen LogP) is 3.39. The molecule has 24 heavy (non-hydrogen) atoms. The number of para-hydroxylation sites is 1. The highest BCUT2D eigenvalue weighted by molar-refractivity contribution is 7.52. The van der Waals surface area contributed by atoms with Crippen LogP contribution in [0.25, 0.3) is 11.0 Å². The Hall–Kier alpha value is -2.40. The summed E-state index contributed by atoms with van der Waals surface area (Å²) in [6.45, 7) is 1.91. The van der Waals surface area contributed by atoms with E-state index in [4.69, 9.17) is 4.42 Å². The molecule has 3 N–H and O–H groups in total. The van der Waals surface area contributed by atoms with Gasteiger partial charge < -0.3 is 19.5 Å². The number of benzene rings is 2. The molecule has 1 aromatic heterocycles. The van der Waals surface area contributed by atoms with Crippen LogP contribution < -0.4 is 10.7 Å². The van der Waals surface area contributed by atoms with Crippen molar-refractivity contribution in [3.8, 4) is 0 Å². The predicted molar refractivity (Wildman–Crippen MR) is 92.1 cm³/mol. The van der Waals surface area contributed by atoms with Gasteiger partial charge in [-0.1, -0.05) is 29.8 Å². The molecule has 0 radical (unpaired) electrons. The van der Waals surface area contributed by atoms with Crippen LogP contribution in [0.3, 0.4) is 0 Å². The molecule has 0 aliphatic rings. The second-order valence-electron chi connectivity index (χ2n) is 5.51. The average molecular weight is 345 g/mol. The maximum absolute atomic E-state index is 12.2. The molecule has 0 fully saturated rings. The van der Waals surface area contributed by atoms with Crippen LogP contribution in [0.5, 0.6) is 0 Å². The van der Waals surface area contributed by atoms with Crippen LogP contribution in [0.1, 0.15) is 17.1 Å². The highest BCUT2D eigenvalue weighted by atomic mass is 31.2. The van der Waals surface area contributed by atoms with Gasteiger partial charge in [-0.2, -0.15) is 0 Å². The number of nitrogens with one attached hydrogen (secondary N) is 1. The molecule has 1 heterocycles. The molecule has 0 spiro atoms. The molecule has 0 aliphatic carbocycles. The van der Waals surface area contributed by atoms with Crippen LogP contribution in [0.15, 0.2) is 63.8 Å². The molecule has 7 heteroatoms. The van der Waals surface area contributed by atoms with Crippen molar-refractivity contribution in [1.29, 1.82) is 0 Å². The average Bonchev–Trinajstić information content (AvgIpc) is 2.53. The first-order valence-corrected chi connectivity index (χ1v) is 8.94. The summed E-state index contributed by atoms with van der Waals surface area (Å²) in [5.74, 6) is -1.55. The minimum absolute atomic E-state index is 0.104. The van der Waals surface area contributed by atoms with Crippen molar-refractivity contribution in [2.75, 3.05) is 5.32 Å². The quantitative estimate of drug-likeness (QED) is 0.627. The van der Waals surface area contributed by atoms with Crippen LogP contribution in [0.4, 0.5) is 5.69 Å². The molecule has 0 bridgehead atoms. The van der Waals surface area contributed by atoms with E-state index in [0.717, 1.165) is 11.6 Å². The zero-order valence-corrected chi connectivity index (χ0v) is 13.7. The van der Waals surface area contributed by atoms with E-state index in [0.29, 0.717) is 11.1 Å². The van der Waals surface area contributed by atoms with Gasteiger partial charge in [0.05, 0.1) is 5.39 Å². The van der Waals surface area contributed by atoms with Gasteiger partial charge in [0.25, 0.3) is 0 Å². The molecule has 3 rings (SSSR count). The molecule has 0 saturated carbocycles. The first kappa shape index (κ1) is 16.5. The number of anilines is 1. The molecular weight excluding hydrogens is 329 g/mol. The monoisotopic (exact) mass is 345 g/mol. The lowest BCUT2D eigenvalue weighted by molar-refractivity contribution is 0.355. The van der Waals surface area contributed by atoms with E-state index in [1.807, 2.05) is 19.1 Å². The van der Waals surface area contributed by atoms with Gasteiger partial charge in [0, 0.05) is 11.8 Å². The van der Waals surface area contributed by atoms with Gasteiger partial charge in [0.2, 0.25) is 0 Å². The third-order valence-corrected chi connectivity index (χ3v) is 4.67. The van der Waals surface area contributed by atoms with Crippen molar-refractivity contribution in [1.82, 2.24) is 0 Å². The summed E-state index contributed by atoms with van der Waals surface area (Å²) in [6, 6.07) is 14.7. The van der Waals surface area contributed by atoms with Crippen LogP contribution >= 0.6 is 7.60 Å². The summed E-state index contributed by atoms with van der Waals surface area (Å²) in [6.07, 6.45) is 0. The fraction of sp³-hybridized carbons (Fsp3) is 0.118. The van der Waals surface area contributed by atoms with E-state index < -0.39 is 13.4 Å². The van der Waals surface area contributed by atoms with Crippen molar-refractivity contribution < 1.29 is 18.8 Å². The summed E-state index contributed by atoms with van der Waals surface area (Å²) in [5.41, 5.74) is 1.47. The third-order valence-electron chi connectivity index (χ3n) is 3.61. The highest BCUT2D eigenvalue weighted by Gasteiger charge is 2.33. The Morgan fingerprint density at radius 3 is 2.42 bits per heavy atom. The molecule has 0 saturated heterocycles. The molecule has 3 aromatic rings.